The lowest BCUT2D eigenvalue weighted by Crippen LogP contribution is -2.84. The van der Waals surface area contributed by atoms with Gasteiger partial charge in [0.2, 0.25) is 0 Å². The van der Waals surface area contributed by atoms with Crippen molar-refractivity contribution in [1.82, 2.24) is 10.6 Å². The molecule has 204 valence electrons. The lowest BCUT2D eigenvalue weighted by molar-refractivity contribution is -0.154. The van der Waals surface area contributed by atoms with Gasteiger partial charge in [-0.2, -0.15) is 0 Å². The van der Waals surface area contributed by atoms with Crippen molar-refractivity contribution in [3.63, 3.8) is 0 Å². The van der Waals surface area contributed by atoms with Crippen LogP contribution in [0.2, 0.25) is 5.02 Å². The van der Waals surface area contributed by atoms with E-state index >= 15 is 0 Å². The maximum Gasteiger partial charge on any atom is 0.263 e. The number of anilines is 1. The standard InChI is InChI=1S/C28H33ClFN3O5/c1-17-5-8-22-21(9-17)33(16-26(2,3)36-4)11-23(38-22)25(35)32-28-13-27(14-28,15-28)31-24(34)12-37-18-6-7-19(29)20(30)10-18/h5-10,23H,11-16H2,1-4H3,(H,31,34)(H,32,35). The lowest BCUT2D eigenvalue weighted by Gasteiger charge is -2.70. The van der Waals surface area contributed by atoms with Crippen molar-refractivity contribution in [1.29, 1.82) is 0 Å². The molecule has 6 rings (SSSR count). The molecule has 3 fully saturated rings. The molecule has 10 heteroatoms. The van der Waals surface area contributed by atoms with E-state index < -0.39 is 17.5 Å². The Labute approximate surface area is 226 Å². The third-order valence-electron chi connectivity index (χ3n) is 7.61. The number of rotatable bonds is 9. The molecular formula is C28H33ClFN3O5. The van der Waals surface area contributed by atoms with Gasteiger partial charge in [0.25, 0.3) is 11.8 Å². The van der Waals surface area contributed by atoms with Crippen molar-refractivity contribution in [2.45, 2.75) is 62.8 Å². The van der Waals surface area contributed by atoms with Gasteiger partial charge in [-0.15, -0.1) is 0 Å². The monoisotopic (exact) mass is 545 g/mol. The molecule has 0 spiro atoms. The van der Waals surface area contributed by atoms with Crippen LogP contribution in [0.5, 0.6) is 11.5 Å². The van der Waals surface area contributed by atoms with E-state index in [4.69, 9.17) is 25.8 Å². The molecule has 38 heavy (non-hydrogen) atoms. The minimum Gasteiger partial charge on any atom is -0.484 e. The second-order valence-electron chi connectivity index (χ2n) is 11.4. The Morgan fingerprint density at radius 1 is 1.16 bits per heavy atom. The third kappa shape index (κ3) is 5.27. The maximum absolute atomic E-state index is 13.6. The molecule has 0 saturated heterocycles. The average molecular weight is 546 g/mol. The van der Waals surface area contributed by atoms with Gasteiger partial charge >= 0.3 is 0 Å². The zero-order valence-corrected chi connectivity index (χ0v) is 22.8. The average Bonchev–Trinajstić information content (AvgIpc) is 2.82. The Bertz CT molecular complexity index is 1250. The van der Waals surface area contributed by atoms with Crippen molar-refractivity contribution in [2.75, 3.05) is 31.7 Å². The lowest BCUT2D eigenvalue weighted by atomic mass is 9.44. The Balaban J connectivity index is 1.14. The van der Waals surface area contributed by atoms with E-state index in [0.29, 0.717) is 38.1 Å². The van der Waals surface area contributed by atoms with Crippen LogP contribution in [0.1, 0.15) is 38.7 Å². The van der Waals surface area contributed by atoms with Crippen LogP contribution >= 0.6 is 11.6 Å². The van der Waals surface area contributed by atoms with Gasteiger partial charge in [-0.05, 0) is 69.9 Å². The van der Waals surface area contributed by atoms with Crippen molar-refractivity contribution in [2.24, 2.45) is 0 Å². The van der Waals surface area contributed by atoms with Gasteiger partial charge in [-0.3, -0.25) is 9.59 Å². The molecule has 3 saturated carbocycles. The zero-order valence-electron chi connectivity index (χ0n) is 22.0. The summed E-state index contributed by atoms with van der Waals surface area (Å²) in [5.41, 5.74) is 0.990. The molecule has 2 aromatic rings. The SMILES string of the molecule is COC(C)(C)CN1CC(C(=O)NC23CC(NC(=O)COc4ccc(Cl)c(F)c4)(C2)C3)Oc2ccc(C)cc21. The molecule has 1 aliphatic heterocycles. The van der Waals surface area contributed by atoms with Gasteiger partial charge in [0, 0.05) is 30.8 Å². The first kappa shape index (κ1) is 26.6. The first-order valence-corrected chi connectivity index (χ1v) is 13.1. The van der Waals surface area contributed by atoms with Crippen LogP contribution in [0.3, 0.4) is 0 Å². The Hall–Kier alpha value is -3.04. The van der Waals surface area contributed by atoms with Gasteiger partial charge in [0.05, 0.1) is 22.9 Å². The number of fused-ring (bicyclic) bond motifs is 1. The zero-order chi connectivity index (χ0) is 27.3. The van der Waals surface area contributed by atoms with Crippen LogP contribution in [0.4, 0.5) is 10.1 Å². The smallest absolute Gasteiger partial charge is 0.263 e. The number of nitrogens with zero attached hydrogens (tertiary/aromatic N) is 1. The number of amides is 2. The van der Waals surface area contributed by atoms with Crippen molar-refractivity contribution in [3.05, 3.63) is 52.8 Å². The molecule has 3 aliphatic carbocycles. The summed E-state index contributed by atoms with van der Waals surface area (Å²) in [6.07, 6.45) is 1.28. The molecule has 1 atom stereocenters. The van der Waals surface area contributed by atoms with Crippen molar-refractivity contribution in [3.8, 4) is 11.5 Å². The molecule has 1 heterocycles. The summed E-state index contributed by atoms with van der Waals surface area (Å²) in [4.78, 5) is 27.8. The number of hydrogen-bond acceptors (Lipinski definition) is 6. The quantitative estimate of drug-likeness (QED) is 0.499. The summed E-state index contributed by atoms with van der Waals surface area (Å²) in [6.45, 7) is 6.85. The molecule has 8 nitrogen and oxygen atoms in total. The highest BCUT2D eigenvalue weighted by atomic mass is 35.5. The molecule has 4 aliphatic rings. The second kappa shape index (κ2) is 9.61. The van der Waals surface area contributed by atoms with Gasteiger partial charge in [-0.25, -0.2) is 4.39 Å². The number of ether oxygens (including phenoxy) is 3. The Morgan fingerprint density at radius 2 is 1.87 bits per heavy atom. The van der Waals surface area contributed by atoms with E-state index in [0.717, 1.165) is 17.3 Å². The minimum atomic E-state index is -0.661. The van der Waals surface area contributed by atoms with Crippen LogP contribution in [-0.2, 0) is 14.3 Å². The highest BCUT2D eigenvalue weighted by Gasteiger charge is 2.69. The predicted molar refractivity (Wildman–Crippen MR) is 141 cm³/mol. The number of hydrogen-bond donors (Lipinski definition) is 2. The first-order chi connectivity index (χ1) is 17.9. The summed E-state index contributed by atoms with van der Waals surface area (Å²) in [7, 11) is 1.68. The van der Waals surface area contributed by atoms with Gasteiger partial charge in [-0.1, -0.05) is 17.7 Å². The molecule has 2 N–H and O–H groups in total. The third-order valence-corrected chi connectivity index (χ3v) is 7.92. The van der Waals surface area contributed by atoms with E-state index in [1.54, 1.807) is 7.11 Å². The van der Waals surface area contributed by atoms with Crippen LogP contribution < -0.4 is 25.0 Å². The molecule has 0 aromatic heterocycles. The number of halogens is 2. The van der Waals surface area contributed by atoms with Crippen LogP contribution in [0, 0.1) is 12.7 Å². The molecule has 1 unspecified atom stereocenters. The van der Waals surface area contributed by atoms with Crippen molar-refractivity contribution >= 4 is 29.1 Å². The molecule has 2 aromatic carbocycles. The number of methoxy groups -OCH3 is 1. The van der Waals surface area contributed by atoms with Crippen LogP contribution in [0.15, 0.2) is 36.4 Å². The first-order valence-electron chi connectivity index (χ1n) is 12.7. The van der Waals surface area contributed by atoms with Gasteiger partial charge in [0.15, 0.2) is 12.7 Å². The summed E-state index contributed by atoms with van der Waals surface area (Å²) < 4.78 is 30.7. The molecule has 2 amide bonds. The fourth-order valence-electron chi connectivity index (χ4n) is 5.72. The van der Waals surface area contributed by atoms with E-state index in [9.17, 15) is 14.0 Å². The Morgan fingerprint density at radius 3 is 2.55 bits per heavy atom. The summed E-state index contributed by atoms with van der Waals surface area (Å²) in [5, 5.41) is 6.17. The largest absolute Gasteiger partial charge is 0.484 e. The van der Waals surface area contributed by atoms with E-state index in [1.165, 1.54) is 12.1 Å². The fraction of sp³-hybridized carbons (Fsp3) is 0.500. The molecular weight excluding hydrogens is 513 g/mol. The second-order valence-corrected chi connectivity index (χ2v) is 11.8. The highest BCUT2D eigenvalue weighted by molar-refractivity contribution is 6.30. The Kier molecular flexibility index (Phi) is 6.72. The normalized spacial score (nSPS) is 25.3. The van der Waals surface area contributed by atoms with Gasteiger partial charge in [0.1, 0.15) is 17.3 Å². The number of carbonyl (C=O) groups excluding carboxylic acids is 2. The summed E-state index contributed by atoms with van der Waals surface area (Å²) in [6, 6.07) is 9.98. The predicted octanol–water partition coefficient (Wildman–Crippen LogP) is 3.77. The molecule has 2 bridgehead atoms. The number of aryl methyl sites for hydroxylation is 1. The number of nitrogens with one attached hydrogen (secondary N) is 2. The minimum absolute atomic E-state index is 0.00697. The fourth-order valence-corrected chi connectivity index (χ4v) is 5.83. The number of benzene rings is 2. The maximum atomic E-state index is 13.6. The van der Waals surface area contributed by atoms with E-state index in [2.05, 4.69) is 21.6 Å². The van der Waals surface area contributed by atoms with Gasteiger partial charge < -0.3 is 29.7 Å². The molecule has 0 radical (unpaired) electrons. The highest BCUT2D eigenvalue weighted by Crippen LogP contribution is 2.60. The summed E-state index contributed by atoms with van der Waals surface area (Å²) >= 11 is 5.67. The van der Waals surface area contributed by atoms with Crippen molar-refractivity contribution < 1.29 is 28.2 Å². The number of carbonyl (C=O) groups is 2. The van der Waals surface area contributed by atoms with Crippen LogP contribution in [-0.4, -0.2) is 61.4 Å². The summed E-state index contributed by atoms with van der Waals surface area (Å²) in [5.74, 6) is -0.151. The van der Waals surface area contributed by atoms with Crippen LogP contribution in [0.25, 0.3) is 0 Å². The topological polar surface area (TPSA) is 89.1 Å². The van der Waals surface area contributed by atoms with E-state index in [-0.39, 0.29) is 40.3 Å². The van der Waals surface area contributed by atoms with E-state index in [1.807, 2.05) is 32.9 Å².